The zero-order valence-corrected chi connectivity index (χ0v) is 16.6. The summed E-state index contributed by atoms with van der Waals surface area (Å²) in [6, 6.07) is 7.04. The van der Waals surface area contributed by atoms with Crippen molar-refractivity contribution in [2.24, 2.45) is 10.9 Å². The van der Waals surface area contributed by atoms with Crippen LogP contribution in [0.2, 0.25) is 5.02 Å². The van der Waals surface area contributed by atoms with Gasteiger partial charge in [-0.15, -0.1) is 0 Å². The molecule has 148 valence electrons. The third kappa shape index (κ3) is 6.75. The number of amides is 1. The van der Waals surface area contributed by atoms with Crippen molar-refractivity contribution in [3.63, 3.8) is 0 Å². The fourth-order valence-corrected chi connectivity index (χ4v) is 3.16. The molecule has 1 heterocycles. The van der Waals surface area contributed by atoms with Crippen LogP contribution in [0.15, 0.2) is 29.3 Å². The molecule has 1 aliphatic heterocycles. The average Bonchev–Trinajstić information content (AvgIpc) is 2.69. The number of likely N-dealkylation sites (tertiary alicyclic amines) is 1. The topological polar surface area (TPSA) is 83.0 Å². The number of esters is 1. The Balaban J connectivity index is 1.67. The first kappa shape index (κ1) is 21.0. The fraction of sp³-hybridized carbons (Fsp3) is 0.526. The van der Waals surface area contributed by atoms with Crippen LogP contribution in [-0.2, 0) is 14.3 Å². The summed E-state index contributed by atoms with van der Waals surface area (Å²) in [4.78, 5) is 30.0. The molecule has 0 aliphatic carbocycles. The number of carbonyl (C=O) groups is 2. The summed E-state index contributed by atoms with van der Waals surface area (Å²) >= 11 is 5.83. The van der Waals surface area contributed by atoms with E-state index in [1.807, 2.05) is 0 Å². The summed E-state index contributed by atoms with van der Waals surface area (Å²) in [6.07, 6.45) is 2.63. The fourth-order valence-electron chi connectivity index (χ4n) is 3.03. The van der Waals surface area contributed by atoms with Gasteiger partial charge in [0.1, 0.15) is 0 Å². The quantitative estimate of drug-likeness (QED) is 0.335. The number of benzene rings is 1. The molecule has 1 aromatic rings. The van der Waals surface area contributed by atoms with Crippen LogP contribution < -0.4 is 10.6 Å². The van der Waals surface area contributed by atoms with Crippen LogP contribution in [0.3, 0.4) is 0 Å². The maximum Gasteiger partial charge on any atom is 0.308 e. The van der Waals surface area contributed by atoms with Gasteiger partial charge in [-0.25, -0.2) is 0 Å². The molecule has 7 nitrogen and oxygen atoms in total. The number of halogens is 1. The van der Waals surface area contributed by atoms with Crippen LogP contribution in [0, 0.1) is 5.92 Å². The van der Waals surface area contributed by atoms with E-state index in [1.165, 1.54) is 7.11 Å². The van der Waals surface area contributed by atoms with Crippen LogP contribution in [0.4, 0.5) is 5.69 Å². The van der Waals surface area contributed by atoms with E-state index in [0.717, 1.165) is 37.6 Å². The normalized spacial score (nSPS) is 15.4. The van der Waals surface area contributed by atoms with Gasteiger partial charge in [-0.2, -0.15) is 0 Å². The third-order valence-electron chi connectivity index (χ3n) is 4.53. The summed E-state index contributed by atoms with van der Waals surface area (Å²) in [7, 11) is 3.17. The van der Waals surface area contributed by atoms with Gasteiger partial charge in [0.25, 0.3) is 0 Å². The summed E-state index contributed by atoms with van der Waals surface area (Å²) in [6.45, 7) is 2.17. The van der Waals surface area contributed by atoms with Crippen molar-refractivity contribution < 1.29 is 14.3 Å². The molecule has 0 atom stereocenters. The van der Waals surface area contributed by atoms with Crippen LogP contribution in [-0.4, -0.2) is 56.5 Å². The Morgan fingerprint density at radius 3 is 2.52 bits per heavy atom. The summed E-state index contributed by atoms with van der Waals surface area (Å²) in [5.74, 6) is 0.606. The Kier molecular flexibility index (Phi) is 8.39. The van der Waals surface area contributed by atoms with Crippen molar-refractivity contribution in [1.29, 1.82) is 0 Å². The molecule has 0 saturated carbocycles. The summed E-state index contributed by atoms with van der Waals surface area (Å²) in [5.41, 5.74) is 0.738. The molecule has 0 bridgehead atoms. The third-order valence-corrected chi connectivity index (χ3v) is 4.78. The van der Waals surface area contributed by atoms with Crippen LogP contribution in [0.25, 0.3) is 0 Å². The van der Waals surface area contributed by atoms with Gasteiger partial charge in [-0.3, -0.25) is 14.6 Å². The number of piperidine rings is 1. The van der Waals surface area contributed by atoms with Gasteiger partial charge < -0.3 is 20.3 Å². The Morgan fingerprint density at radius 1 is 1.26 bits per heavy atom. The monoisotopic (exact) mass is 394 g/mol. The van der Waals surface area contributed by atoms with Gasteiger partial charge >= 0.3 is 5.97 Å². The summed E-state index contributed by atoms with van der Waals surface area (Å²) in [5, 5.41) is 6.77. The smallest absolute Gasteiger partial charge is 0.308 e. The molecular weight excluding hydrogens is 368 g/mol. The van der Waals surface area contributed by atoms with E-state index >= 15 is 0 Å². The van der Waals surface area contributed by atoms with Crippen molar-refractivity contribution in [1.82, 2.24) is 10.2 Å². The van der Waals surface area contributed by atoms with Gasteiger partial charge in [0, 0.05) is 43.8 Å². The van der Waals surface area contributed by atoms with Gasteiger partial charge in [0.05, 0.1) is 13.0 Å². The predicted molar refractivity (Wildman–Crippen MR) is 107 cm³/mol. The Hall–Kier alpha value is -2.28. The van der Waals surface area contributed by atoms with Crippen LogP contribution in [0.1, 0.15) is 25.7 Å². The summed E-state index contributed by atoms with van der Waals surface area (Å²) < 4.78 is 4.81. The van der Waals surface area contributed by atoms with Gasteiger partial charge in [0.2, 0.25) is 5.91 Å². The van der Waals surface area contributed by atoms with E-state index < -0.39 is 0 Å². The molecule has 0 unspecified atom stereocenters. The van der Waals surface area contributed by atoms with E-state index in [0.29, 0.717) is 24.4 Å². The van der Waals surface area contributed by atoms with E-state index in [1.54, 1.807) is 31.3 Å². The van der Waals surface area contributed by atoms with Crippen LogP contribution >= 0.6 is 11.6 Å². The lowest BCUT2D eigenvalue weighted by Crippen LogP contribution is -2.46. The molecule has 1 aromatic carbocycles. The van der Waals surface area contributed by atoms with Crippen molar-refractivity contribution in [3.8, 4) is 0 Å². The number of anilines is 1. The maximum absolute atomic E-state index is 12.0. The number of methoxy groups -OCH3 is 1. The molecule has 2 rings (SSSR count). The maximum atomic E-state index is 12.0. The Bertz CT molecular complexity index is 655. The number of hydrogen-bond acceptors (Lipinski definition) is 4. The second-order valence-corrected chi connectivity index (χ2v) is 6.85. The lowest BCUT2D eigenvalue weighted by molar-refractivity contribution is -0.146. The first-order valence-corrected chi connectivity index (χ1v) is 9.50. The Labute approximate surface area is 165 Å². The van der Waals surface area contributed by atoms with Gasteiger partial charge in [0.15, 0.2) is 5.96 Å². The molecule has 27 heavy (non-hydrogen) atoms. The standard InChI is InChI=1S/C19H27ClN4O3/c1-21-19(24-12-9-14(10-13-24)18(26)27-2)22-11-3-4-17(25)23-16-7-5-15(20)6-8-16/h5-8,14H,3-4,9-13H2,1-2H3,(H,21,22)(H,23,25). The number of ether oxygens (including phenoxy) is 1. The predicted octanol–water partition coefficient (Wildman–Crippen LogP) is 2.52. The lowest BCUT2D eigenvalue weighted by Gasteiger charge is -2.33. The highest BCUT2D eigenvalue weighted by molar-refractivity contribution is 6.30. The molecule has 0 spiro atoms. The average molecular weight is 395 g/mol. The minimum absolute atomic E-state index is 0.0269. The molecule has 1 fully saturated rings. The number of guanidine groups is 1. The van der Waals surface area contributed by atoms with Crippen molar-refractivity contribution in [2.75, 3.05) is 39.1 Å². The molecule has 0 aromatic heterocycles. The lowest BCUT2D eigenvalue weighted by atomic mass is 9.97. The minimum Gasteiger partial charge on any atom is -0.469 e. The number of nitrogens with zero attached hydrogens (tertiary/aromatic N) is 2. The number of carbonyl (C=O) groups excluding carboxylic acids is 2. The molecular formula is C19H27ClN4O3. The van der Waals surface area contributed by atoms with Crippen LogP contribution in [0.5, 0.6) is 0 Å². The minimum atomic E-state index is -0.135. The highest BCUT2D eigenvalue weighted by Gasteiger charge is 2.26. The molecule has 1 amide bonds. The Morgan fingerprint density at radius 2 is 1.93 bits per heavy atom. The zero-order valence-electron chi connectivity index (χ0n) is 15.8. The second-order valence-electron chi connectivity index (χ2n) is 6.42. The number of nitrogens with one attached hydrogen (secondary N) is 2. The molecule has 1 aliphatic rings. The van der Waals surface area contributed by atoms with E-state index in [2.05, 4.69) is 20.5 Å². The largest absolute Gasteiger partial charge is 0.469 e. The molecule has 8 heteroatoms. The highest BCUT2D eigenvalue weighted by Crippen LogP contribution is 2.18. The van der Waals surface area contributed by atoms with Crippen molar-refractivity contribution >= 4 is 35.1 Å². The first-order chi connectivity index (χ1) is 13.0. The van der Waals surface area contributed by atoms with Gasteiger partial charge in [-0.05, 0) is 43.5 Å². The van der Waals surface area contributed by atoms with E-state index in [4.69, 9.17) is 16.3 Å². The first-order valence-electron chi connectivity index (χ1n) is 9.12. The second kappa shape index (κ2) is 10.8. The number of rotatable bonds is 6. The SMILES string of the molecule is CN=C(NCCCC(=O)Nc1ccc(Cl)cc1)N1CCC(C(=O)OC)CC1. The number of hydrogen-bond donors (Lipinski definition) is 2. The number of aliphatic imine (C=N–C) groups is 1. The van der Waals surface area contributed by atoms with E-state index in [-0.39, 0.29) is 17.8 Å². The molecule has 2 N–H and O–H groups in total. The highest BCUT2D eigenvalue weighted by atomic mass is 35.5. The molecule has 0 radical (unpaired) electrons. The zero-order chi connectivity index (χ0) is 19.6. The van der Waals surface area contributed by atoms with Crippen molar-refractivity contribution in [3.05, 3.63) is 29.3 Å². The van der Waals surface area contributed by atoms with Gasteiger partial charge in [-0.1, -0.05) is 11.6 Å². The van der Waals surface area contributed by atoms with E-state index in [9.17, 15) is 9.59 Å². The molecule has 1 saturated heterocycles. The van der Waals surface area contributed by atoms with Crippen molar-refractivity contribution in [2.45, 2.75) is 25.7 Å².